The molecule has 0 saturated heterocycles. The van der Waals surface area contributed by atoms with Crippen LogP contribution in [0.25, 0.3) is 21.5 Å². The van der Waals surface area contributed by atoms with E-state index >= 15 is 0 Å². The van der Waals surface area contributed by atoms with Crippen molar-refractivity contribution in [3.8, 4) is 11.4 Å². The maximum absolute atomic E-state index is 12.8. The number of hydrogen-bond acceptors (Lipinski definition) is 8. The molecule has 0 bridgehead atoms. The first-order valence-corrected chi connectivity index (χ1v) is 13.6. The molecule has 4 rings (SSSR count). The fourth-order valence-electron chi connectivity index (χ4n) is 3.63. The van der Waals surface area contributed by atoms with Crippen LogP contribution in [0, 0.1) is 13.8 Å². The van der Waals surface area contributed by atoms with Crippen molar-refractivity contribution >= 4 is 61.4 Å². The monoisotopic (exact) mass is 514 g/mol. The molecule has 0 spiro atoms. The number of rotatable bonds is 8. The van der Waals surface area contributed by atoms with Crippen molar-refractivity contribution in [3.05, 3.63) is 45.6 Å². The predicted molar refractivity (Wildman–Crippen MR) is 140 cm³/mol. The first-order valence-electron chi connectivity index (χ1n) is 10.9. The normalized spacial score (nSPS) is 11.4. The summed E-state index contributed by atoms with van der Waals surface area (Å²) in [6.45, 7) is 9.99. The minimum Gasteiger partial charge on any atom is -0.462 e. The Morgan fingerprint density at radius 2 is 1.97 bits per heavy atom. The molecule has 7 nitrogen and oxygen atoms in total. The van der Waals surface area contributed by atoms with E-state index in [9.17, 15) is 9.59 Å². The summed E-state index contributed by atoms with van der Waals surface area (Å²) in [6.07, 6.45) is 0. The molecule has 178 valence electrons. The van der Waals surface area contributed by atoms with Gasteiger partial charge in [0, 0.05) is 31.9 Å². The number of hydrogen-bond donors (Lipinski definition) is 1. The van der Waals surface area contributed by atoms with Crippen LogP contribution in [0.3, 0.4) is 0 Å². The third-order valence-electron chi connectivity index (χ3n) is 5.35. The quantitative estimate of drug-likeness (QED) is 0.219. The number of aryl methyl sites for hydroxylation is 1. The Balaban J connectivity index is 1.53. The van der Waals surface area contributed by atoms with Gasteiger partial charge < -0.3 is 10.1 Å². The SMILES string of the molecule is CCOC(=O)c1c(NC(=O)CSc2nnc(-c3csc4ccccc34)n2C(C)C)sc(C)c1C. The van der Waals surface area contributed by atoms with E-state index in [0.29, 0.717) is 15.7 Å². The van der Waals surface area contributed by atoms with E-state index < -0.39 is 5.97 Å². The molecule has 0 fully saturated rings. The second kappa shape index (κ2) is 10.3. The average molecular weight is 515 g/mol. The van der Waals surface area contributed by atoms with Crippen molar-refractivity contribution < 1.29 is 14.3 Å². The van der Waals surface area contributed by atoms with Gasteiger partial charge in [0.15, 0.2) is 11.0 Å². The fraction of sp³-hybridized carbons (Fsp3) is 0.333. The molecule has 0 atom stereocenters. The highest BCUT2D eigenvalue weighted by atomic mass is 32.2. The zero-order valence-electron chi connectivity index (χ0n) is 19.7. The zero-order valence-corrected chi connectivity index (χ0v) is 22.1. The second-order valence-corrected chi connectivity index (χ2v) is 11.0. The number of carbonyl (C=O) groups is 2. The molecule has 1 N–H and O–H groups in total. The van der Waals surface area contributed by atoms with Gasteiger partial charge in [0.05, 0.1) is 17.9 Å². The topological polar surface area (TPSA) is 86.1 Å². The van der Waals surface area contributed by atoms with Crippen LogP contribution in [0.4, 0.5) is 5.00 Å². The summed E-state index contributed by atoms with van der Waals surface area (Å²) in [5, 5.41) is 16.2. The molecule has 0 aliphatic carbocycles. The summed E-state index contributed by atoms with van der Waals surface area (Å²) in [7, 11) is 0. The van der Waals surface area contributed by atoms with Gasteiger partial charge in [0.1, 0.15) is 5.00 Å². The number of ether oxygens (including phenoxy) is 1. The lowest BCUT2D eigenvalue weighted by molar-refractivity contribution is -0.113. The van der Waals surface area contributed by atoms with Crippen molar-refractivity contribution in [3.63, 3.8) is 0 Å². The molecule has 34 heavy (non-hydrogen) atoms. The van der Waals surface area contributed by atoms with Gasteiger partial charge in [0.25, 0.3) is 0 Å². The lowest BCUT2D eigenvalue weighted by atomic mass is 10.1. The van der Waals surface area contributed by atoms with E-state index in [2.05, 4.69) is 51.4 Å². The Morgan fingerprint density at radius 3 is 2.71 bits per heavy atom. The van der Waals surface area contributed by atoms with Crippen LogP contribution in [-0.2, 0) is 9.53 Å². The van der Waals surface area contributed by atoms with Crippen LogP contribution >= 0.6 is 34.4 Å². The van der Waals surface area contributed by atoms with Gasteiger partial charge in [-0.25, -0.2) is 4.79 Å². The number of amides is 1. The Labute approximate surface area is 210 Å². The zero-order chi connectivity index (χ0) is 24.4. The molecule has 0 saturated carbocycles. The van der Waals surface area contributed by atoms with E-state index in [1.807, 2.05) is 26.0 Å². The van der Waals surface area contributed by atoms with Gasteiger partial charge in [-0.1, -0.05) is 30.0 Å². The fourth-order valence-corrected chi connectivity index (χ4v) is 6.50. The number of anilines is 1. The summed E-state index contributed by atoms with van der Waals surface area (Å²) in [6, 6.07) is 8.35. The maximum Gasteiger partial charge on any atom is 0.341 e. The van der Waals surface area contributed by atoms with Crippen LogP contribution in [-0.4, -0.2) is 39.0 Å². The summed E-state index contributed by atoms with van der Waals surface area (Å²) in [5.74, 6) is 0.314. The Bertz CT molecular complexity index is 1350. The molecule has 10 heteroatoms. The lowest BCUT2D eigenvalue weighted by Crippen LogP contribution is -2.17. The number of esters is 1. The van der Waals surface area contributed by atoms with Crippen LogP contribution in [0.1, 0.15) is 47.6 Å². The molecule has 0 aliphatic heterocycles. The lowest BCUT2D eigenvalue weighted by Gasteiger charge is -2.13. The van der Waals surface area contributed by atoms with Crippen LogP contribution in [0.5, 0.6) is 0 Å². The average Bonchev–Trinajstić information content (AvgIpc) is 3.48. The van der Waals surface area contributed by atoms with Crippen LogP contribution < -0.4 is 5.32 Å². The molecule has 3 heterocycles. The van der Waals surface area contributed by atoms with E-state index in [0.717, 1.165) is 27.2 Å². The molecule has 0 radical (unpaired) electrons. The molecular weight excluding hydrogens is 488 g/mol. The number of benzene rings is 1. The highest BCUT2D eigenvalue weighted by Gasteiger charge is 2.23. The Hall–Kier alpha value is -2.69. The first kappa shape index (κ1) is 24.4. The number of thiophene rings is 2. The van der Waals surface area contributed by atoms with Crippen molar-refractivity contribution in [1.82, 2.24) is 14.8 Å². The number of carbonyl (C=O) groups excluding carboxylic acids is 2. The predicted octanol–water partition coefficient (Wildman–Crippen LogP) is 6.33. The number of nitrogens with zero attached hydrogens (tertiary/aromatic N) is 3. The molecule has 0 aliphatic rings. The van der Waals surface area contributed by atoms with Crippen LogP contribution in [0.2, 0.25) is 0 Å². The van der Waals surface area contributed by atoms with Gasteiger partial charge in [-0.05, 0) is 46.2 Å². The third-order valence-corrected chi connectivity index (χ3v) is 8.38. The third kappa shape index (κ3) is 4.75. The molecule has 4 aromatic rings. The van der Waals surface area contributed by atoms with E-state index in [1.54, 1.807) is 18.3 Å². The van der Waals surface area contributed by atoms with Crippen LogP contribution in [0.15, 0.2) is 34.8 Å². The second-order valence-electron chi connectivity index (χ2n) is 7.96. The highest BCUT2D eigenvalue weighted by molar-refractivity contribution is 7.99. The van der Waals surface area contributed by atoms with Gasteiger partial charge in [-0.2, -0.15) is 0 Å². The van der Waals surface area contributed by atoms with Crippen molar-refractivity contribution in [1.29, 1.82) is 0 Å². The number of nitrogens with one attached hydrogen (secondary N) is 1. The first-order chi connectivity index (χ1) is 16.3. The van der Waals surface area contributed by atoms with Gasteiger partial charge in [-0.15, -0.1) is 32.9 Å². The largest absolute Gasteiger partial charge is 0.462 e. The Kier molecular flexibility index (Phi) is 7.39. The minimum atomic E-state index is -0.417. The van der Waals surface area contributed by atoms with E-state index in [1.165, 1.54) is 27.8 Å². The summed E-state index contributed by atoms with van der Waals surface area (Å²) >= 11 is 4.39. The van der Waals surface area contributed by atoms with E-state index in [-0.39, 0.29) is 24.3 Å². The Morgan fingerprint density at radius 1 is 1.21 bits per heavy atom. The number of fused-ring (bicyclic) bond motifs is 1. The summed E-state index contributed by atoms with van der Waals surface area (Å²) in [4.78, 5) is 26.2. The smallest absolute Gasteiger partial charge is 0.341 e. The minimum absolute atomic E-state index is 0.118. The highest BCUT2D eigenvalue weighted by Crippen LogP contribution is 2.36. The van der Waals surface area contributed by atoms with Gasteiger partial charge in [-0.3, -0.25) is 9.36 Å². The standard InChI is InChI=1S/C24H26N4O3S3/c1-6-31-23(30)20-14(4)15(5)34-22(20)25-19(29)12-33-24-27-26-21(28(24)13(2)3)17-11-32-18-10-8-7-9-16(17)18/h7-11,13H,6,12H2,1-5H3,(H,25,29). The van der Waals surface area contributed by atoms with Crippen molar-refractivity contribution in [2.75, 3.05) is 17.7 Å². The summed E-state index contributed by atoms with van der Waals surface area (Å²) in [5.41, 5.74) is 2.31. The molecule has 3 aromatic heterocycles. The molecule has 1 amide bonds. The van der Waals surface area contributed by atoms with Crippen molar-refractivity contribution in [2.45, 2.75) is 45.8 Å². The van der Waals surface area contributed by atoms with E-state index in [4.69, 9.17) is 4.74 Å². The van der Waals surface area contributed by atoms with Crippen molar-refractivity contribution in [2.24, 2.45) is 0 Å². The maximum atomic E-state index is 12.8. The molecule has 1 aromatic carbocycles. The summed E-state index contributed by atoms with van der Waals surface area (Å²) < 4.78 is 8.44. The molecular formula is C24H26N4O3S3. The molecule has 0 unspecified atom stereocenters. The number of aromatic nitrogens is 3. The van der Waals surface area contributed by atoms with Gasteiger partial charge in [0.2, 0.25) is 5.91 Å². The van der Waals surface area contributed by atoms with Gasteiger partial charge >= 0.3 is 5.97 Å². The number of thioether (sulfide) groups is 1.